The zero-order valence-corrected chi connectivity index (χ0v) is 12.9. The molecule has 0 amide bonds. The highest BCUT2D eigenvalue weighted by atomic mass is 16.5. The zero-order chi connectivity index (χ0) is 14.9. The van der Waals surface area contributed by atoms with E-state index in [1.807, 2.05) is 12.1 Å². The topological polar surface area (TPSA) is 57.6 Å². The monoisotopic (exact) mass is 277 g/mol. The van der Waals surface area contributed by atoms with Gasteiger partial charge >= 0.3 is 0 Å². The lowest BCUT2D eigenvalue weighted by molar-refractivity contribution is 0.184. The number of hydrogen-bond donors (Lipinski definition) is 1. The second-order valence-electron chi connectivity index (χ2n) is 5.94. The van der Waals surface area contributed by atoms with Crippen LogP contribution in [-0.2, 0) is 23.3 Å². The van der Waals surface area contributed by atoms with Gasteiger partial charge in [0.1, 0.15) is 17.1 Å². The first-order chi connectivity index (χ1) is 9.42. The number of rotatable bonds is 4. The van der Waals surface area contributed by atoms with Gasteiger partial charge in [0.15, 0.2) is 0 Å². The SMILES string of the molecule is COCc1c(CN)oc2c(C(C)(C)C)cc(OC)cc12. The molecule has 0 radical (unpaired) electrons. The molecule has 0 aliphatic carbocycles. The summed E-state index contributed by atoms with van der Waals surface area (Å²) in [7, 11) is 3.34. The van der Waals surface area contributed by atoms with Gasteiger partial charge in [-0.1, -0.05) is 20.8 Å². The first-order valence-corrected chi connectivity index (χ1v) is 6.74. The van der Waals surface area contributed by atoms with Crippen LogP contribution in [0, 0.1) is 0 Å². The first kappa shape index (κ1) is 14.9. The summed E-state index contributed by atoms with van der Waals surface area (Å²) in [5, 5.41) is 1.02. The van der Waals surface area contributed by atoms with Gasteiger partial charge in [0.05, 0.1) is 20.3 Å². The Morgan fingerprint density at radius 3 is 2.40 bits per heavy atom. The molecule has 20 heavy (non-hydrogen) atoms. The second-order valence-corrected chi connectivity index (χ2v) is 5.94. The Labute approximate surface area is 119 Å². The third-order valence-electron chi connectivity index (χ3n) is 3.47. The third-order valence-corrected chi connectivity index (χ3v) is 3.47. The van der Waals surface area contributed by atoms with Crippen LogP contribution >= 0.6 is 0 Å². The van der Waals surface area contributed by atoms with Gasteiger partial charge < -0.3 is 19.6 Å². The quantitative estimate of drug-likeness (QED) is 0.931. The fraction of sp³-hybridized carbons (Fsp3) is 0.500. The maximum atomic E-state index is 6.00. The van der Waals surface area contributed by atoms with Gasteiger partial charge in [-0.3, -0.25) is 0 Å². The average Bonchev–Trinajstić information content (AvgIpc) is 2.75. The molecule has 0 aliphatic rings. The minimum Gasteiger partial charge on any atom is -0.497 e. The standard InChI is InChI=1S/C16H23NO3/c1-16(2,3)13-7-10(19-5)6-11-12(9-18-4)14(8-17)20-15(11)13/h6-7H,8-9,17H2,1-5H3. The second kappa shape index (κ2) is 5.46. The molecule has 0 unspecified atom stereocenters. The van der Waals surface area contributed by atoms with E-state index < -0.39 is 0 Å². The van der Waals surface area contributed by atoms with Gasteiger partial charge in [-0.05, 0) is 17.5 Å². The Balaban J connectivity index is 2.80. The molecule has 1 heterocycles. The summed E-state index contributed by atoms with van der Waals surface area (Å²) in [6.45, 7) is 7.31. The van der Waals surface area contributed by atoms with Crippen LogP contribution in [0.2, 0.25) is 0 Å². The Bertz CT molecular complexity index is 608. The summed E-state index contributed by atoms with van der Waals surface area (Å²) in [5.41, 5.74) is 8.76. The Kier molecular flexibility index (Phi) is 4.06. The predicted molar refractivity (Wildman–Crippen MR) is 80.1 cm³/mol. The normalized spacial score (nSPS) is 12.1. The molecular formula is C16H23NO3. The van der Waals surface area contributed by atoms with Crippen molar-refractivity contribution < 1.29 is 13.9 Å². The lowest BCUT2D eigenvalue weighted by Crippen LogP contribution is -2.11. The minimum atomic E-state index is -0.0408. The van der Waals surface area contributed by atoms with Gasteiger partial charge in [0.25, 0.3) is 0 Å². The molecule has 4 nitrogen and oxygen atoms in total. The summed E-state index contributed by atoms with van der Waals surface area (Å²) in [6.07, 6.45) is 0. The van der Waals surface area contributed by atoms with E-state index in [1.54, 1.807) is 14.2 Å². The summed E-state index contributed by atoms with van der Waals surface area (Å²) in [5.74, 6) is 1.60. The van der Waals surface area contributed by atoms with E-state index in [2.05, 4.69) is 20.8 Å². The molecule has 110 valence electrons. The predicted octanol–water partition coefficient (Wildman–Crippen LogP) is 3.34. The van der Waals surface area contributed by atoms with Crippen LogP contribution in [0.25, 0.3) is 11.0 Å². The Morgan fingerprint density at radius 1 is 1.20 bits per heavy atom. The molecule has 1 aromatic carbocycles. The van der Waals surface area contributed by atoms with Crippen LogP contribution in [0.15, 0.2) is 16.5 Å². The number of fused-ring (bicyclic) bond motifs is 1. The van der Waals surface area contributed by atoms with Gasteiger partial charge in [-0.2, -0.15) is 0 Å². The number of methoxy groups -OCH3 is 2. The molecule has 0 spiro atoms. The molecule has 2 rings (SSSR count). The highest BCUT2D eigenvalue weighted by molar-refractivity contribution is 5.87. The van der Waals surface area contributed by atoms with Crippen molar-refractivity contribution in [1.82, 2.24) is 0 Å². The summed E-state index contributed by atoms with van der Waals surface area (Å²) in [6, 6.07) is 4.02. The molecule has 2 aromatic rings. The average molecular weight is 277 g/mol. The molecule has 0 saturated carbocycles. The van der Waals surface area contributed by atoms with Gasteiger partial charge in [0.2, 0.25) is 0 Å². The van der Waals surface area contributed by atoms with Crippen LogP contribution in [0.1, 0.15) is 37.7 Å². The van der Waals surface area contributed by atoms with E-state index >= 15 is 0 Å². The molecule has 0 aliphatic heterocycles. The summed E-state index contributed by atoms with van der Waals surface area (Å²) < 4.78 is 16.7. The highest BCUT2D eigenvalue weighted by Gasteiger charge is 2.24. The Hall–Kier alpha value is -1.52. The van der Waals surface area contributed by atoms with E-state index in [-0.39, 0.29) is 5.41 Å². The highest BCUT2D eigenvalue weighted by Crippen LogP contribution is 2.38. The molecule has 0 fully saturated rings. The number of hydrogen-bond acceptors (Lipinski definition) is 4. The van der Waals surface area contributed by atoms with Crippen LogP contribution in [-0.4, -0.2) is 14.2 Å². The van der Waals surface area contributed by atoms with E-state index in [9.17, 15) is 0 Å². The summed E-state index contributed by atoms with van der Waals surface area (Å²) in [4.78, 5) is 0. The van der Waals surface area contributed by atoms with Crippen LogP contribution in [0.3, 0.4) is 0 Å². The minimum absolute atomic E-state index is 0.0408. The van der Waals surface area contributed by atoms with Crippen molar-refractivity contribution in [3.05, 3.63) is 29.0 Å². The van der Waals surface area contributed by atoms with Crippen molar-refractivity contribution in [3.8, 4) is 5.75 Å². The molecule has 0 bridgehead atoms. The summed E-state index contributed by atoms with van der Waals surface area (Å²) >= 11 is 0. The number of benzene rings is 1. The van der Waals surface area contributed by atoms with Gasteiger partial charge in [-0.25, -0.2) is 0 Å². The molecule has 0 saturated heterocycles. The van der Waals surface area contributed by atoms with Gasteiger partial charge in [-0.15, -0.1) is 0 Å². The van der Waals surface area contributed by atoms with E-state index in [4.69, 9.17) is 19.6 Å². The largest absolute Gasteiger partial charge is 0.497 e. The van der Waals surface area contributed by atoms with Crippen molar-refractivity contribution in [2.75, 3.05) is 14.2 Å². The van der Waals surface area contributed by atoms with E-state index in [0.29, 0.717) is 13.2 Å². The molecule has 2 N–H and O–H groups in total. The number of furan rings is 1. The van der Waals surface area contributed by atoms with Crippen LogP contribution < -0.4 is 10.5 Å². The fourth-order valence-electron chi connectivity index (χ4n) is 2.41. The van der Waals surface area contributed by atoms with E-state index in [1.165, 1.54) is 0 Å². The first-order valence-electron chi connectivity index (χ1n) is 6.74. The third kappa shape index (κ3) is 2.53. The lowest BCUT2D eigenvalue weighted by Gasteiger charge is -2.20. The maximum absolute atomic E-state index is 6.00. The van der Waals surface area contributed by atoms with Crippen LogP contribution in [0.5, 0.6) is 5.75 Å². The smallest absolute Gasteiger partial charge is 0.138 e. The molecule has 4 heteroatoms. The molecular weight excluding hydrogens is 254 g/mol. The van der Waals surface area contributed by atoms with Crippen LogP contribution in [0.4, 0.5) is 0 Å². The Morgan fingerprint density at radius 2 is 1.90 bits per heavy atom. The molecule has 1 aromatic heterocycles. The number of ether oxygens (including phenoxy) is 2. The zero-order valence-electron chi connectivity index (χ0n) is 12.9. The lowest BCUT2D eigenvalue weighted by atomic mass is 9.85. The molecule has 0 atom stereocenters. The van der Waals surface area contributed by atoms with Crippen molar-refractivity contribution >= 4 is 11.0 Å². The van der Waals surface area contributed by atoms with Crippen molar-refractivity contribution in [2.24, 2.45) is 5.73 Å². The fourth-order valence-corrected chi connectivity index (χ4v) is 2.41. The van der Waals surface area contributed by atoms with Crippen molar-refractivity contribution in [3.63, 3.8) is 0 Å². The number of nitrogens with two attached hydrogens (primary N) is 1. The maximum Gasteiger partial charge on any atom is 0.138 e. The van der Waals surface area contributed by atoms with Crippen molar-refractivity contribution in [2.45, 2.75) is 39.3 Å². The van der Waals surface area contributed by atoms with E-state index in [0.717, 1.165) is 33.6 Å². The van der Waals surface area contributed by atoms with Gasteiger partial charge in [0, 0.05) is 23.6 Å². The van der Waals surface area contributed by atoms with Crippen molar-refractivity contribution in [1.29, 1.82) is 0 Å².